The third-order valence-electron chi connectivity index (χ3n) is 5.41. The van der Waals surface area contributed by atoms with Gasteiger partial charge in [-0.25, -0.2) is 0 Å². The third-order valence-corrected chi connectivity index (χ3v) is 6.27. The Bertz CT molecular complexity index is 1000. The standard InChI is InChI=1S/C20H18N2O3S/c23-19-15(17-3-1-7-25-17)5-6-16-14-9-13(11-22(16)19)10-21(12-14)20(24)18-4-2-8-26-18/h1-8,13-14H,9-12H2. The monoisotopic (exact) mass is 366 g/mol. The van der Waals surface area contributed by atoms with E-state index < -0.39 is 0 Å². The summed E-state index contributed by atoms with van der Waals surface area (Å²) in [6.45, 7) is 2.05. The van der Waals surface area contributed by atoms with Crippen molar-refractivity contribution in [3.8, 4) is 11.3 Å². The lowest BCUT2D eigenvalue weighted by molar-refractivity contribution is 0.0599. The summed E-state index contributed by atoms with van der Waals surface area (Å²) >= 11 is 1.48. The fraction of sp³-hybridized carbons (Fsp3) is 0.300. The lowest BCUT2D eigenvalue weighted by Gasteiger charge is -2.42. The van der Waals surface area contributed by atoms with Crippen LogP contribution in [-0.2, 0) is 6.54 Å². The van der Waals surface area contributed by atoms with Crippen LogP contribution in [0.15, 0.2) is 57.3 Å². The van der Waals surface area contributed by atoms with Crippen molar-refractivity contribution in [2.75, 3.05) is 13.1 Å². The van der Waals surface area contributed by atoms with E-state index in [4.69, 9.17) is 4.42 Å². The Morgan fingerprint density at radius 3 is 2.81 bits per heavy atom. The molecular formula is C20H18N2O3S. The number of hydrogen-bond acceptors (Lipinski definition) is 4. The molecule has 2 aliphatic rings. The molecule has 1 fully saturated rings. The molecular weight excluding hydrogens is 348 g/mol. The number of nitrogens with zero attached hydrogens (tertiary/aromatic N) is 2. The highest BCUT2D eigenvalue weighted by molar-refractivity contribution is 7.12. The molecule has 0 saturated carbocycles. The Hall–Kier alpha value is -2.60. The van der Waals surface area contributed by atoms with Gasteiger partial charge in [0.25, 0.3) is 11.5 Å². The highest BCUT2D eigenvalue weighted by Crippen LogP contribution is 2.36. The summed E-state index contributed by atoms with van der Waals surface area (Å²) in [6, 6.07) is 11.3. The molecule has 5 heterocycles. The number of aromatic nitrogens is 1. The molecule has 132 valence electrons. The summed E-state index contributed by atoms with van der Waals surface area (Å²) in [5.74, 6) is 1.24. The molecule has 0 spiro atoms. The lowest BCUT2D eigenvalue weighted by atomic mass is 9.83. The second-order valence-electron chi connectivity index (χ2n) is 7.05. The molecule has 0 radical (unpaired) electrons. The van der Waals surface area contributed by atoms with Crippen molar-refractivity contribution in [3.05, 3.63) is 69.0 Å². The number of thiophene rings is 1. The van der Waals surface area contributed by atoms with Gasteiger partial charge >= 0.3 is 0 Å². The highest BCUT2D eigenvalue weighted by atomic mass is 32.1. The van der Waals surface area contributed by atoms with Gasteiger partial charge < -0.3 is 13.9 Å². The first-order chi connectivity index (χ1) is 12.7. The van der Waals surface area contributed by atoms with Gasteiger partial charge in [-0.15, -0.1) is 11.3 Å². The number of pyridine rings is 1. The number of carbonyl (C=O) groups is 1. The van der Waals surface area contributed by atoms with Gasteiger partial charge in [-0.1, -0.05) is 6.07 Å². The van der Waals surface area contributed by atoms with Crippen LogP contribution in [0.1, 0.15) is 27.7 Å². The minimum absolute atomic E-state index is 0.00480. The van der Waals surface area contributed by atoms with Gasteiger partial charge in [-0.05, 0) is 48.1 Å². The van der Waals surface area contributed by atoms with Crippen molar-refractivity contribution in [2.45, 2.75) is 18.9 Å². The molecule has 2 unspecified atom stereocenters. The first-order valence-electron chi connectivity index (χ1n) is 8.81. The zero-order chi connectivity index (χ0) is 17.7. The zero-order valence-electron chi connectivity index (χ0n) is 14.1. The fourth-order valence-electron chi connectivity index (χ4n) is 4.29. The normalized spacial score (nSPS) is 21.5. The van der Waals surface area contributed by atoms with Gasteiger partial charge in [-0.2, -0.15) is 0 Å². The molecule has 2 bridgehead atoms. The molecule has 0 N–H and O–H groups in total. The first kappa shape index (κ1) is 15.6. The quantitative estimate of drug-likeness (QED) is 0.698. The Morgan fingerprint density at radius 2 is 2.04 bits per heavy atom. The topological polar surface area (TPSA) is 55.5 Å². The highest BCUT2D eigenvalue weighted by Gasteiger charge is 2.37. The van der Waals surface area contributed by atoms with Gasteiger partial charge in [0.05, 0.1) is 16.7 Å². The molecule has 5 rings (SSSR count). The van der Waals surface area contributed by atoms with E-state index in [-0.39, 0.29) is 17.4 Å². The first-order valence-corrected chi connectivity index (χ1v) is 9.69. The molecule has 0 aliphatic carbocycles. The second-order valence-corrected chi connectivity index (χ2v) is 8.00. The maximum absolute atomic E-state index is 13.0. The molecule has 3 aromatic heterocycles. The molecule has 1 amide bonds. The van der Waals surface area contributed by atoms with Crippen molar-refractivity contribution in [1.82, 2.24) is 9.47 Å². The van der Waals surface area contributed by atoms with Crippen molar-refractivity contribution >= 4 is 17.2 Å². The molecule has 0 aromatic carbocycles. The van der Waals surface area contributed by atoms with Gasteiger partial charge in [0.1, 0.15) is 5.76 Å². The third kappa shape index (κ3) is 2.44. The Balaban J connectivity index is 1.49. The maximum atomic E-state index is 13.0. The van der Waals surface area contributed by atoms with Crippen LogP contribution in [0.5, 0.6) is 0 Å². The van der Waals surface area contributed by atoms with Crippen LogP contribution in [0.4, 0.5) is 0 Å². The SMILES string of the molecule is O=C(c1cccs1)N1CC2CC(C1)c1ccc(-c3ccco3)c(=O)n1C2. The second kappa shape index (κ2) is 5.99. The van der Waals surface area contributed by atoms with Crippen LogP contribution >= 0.6 is 11.3 Å². The van der Waals surface area contributed by atoms with Crippen LogP contribution in [0.25, 0.3) is 11.3 Å². The van der Waals surface area contributed by atoms with Gasteiger partial charge in [0.2, 0.25) is 0 Å². The van der Waals surface area contributed by atoms with Crippen LogP contribution in [0.2, 0.25) is 0 Å². The number of carbonyl (C=O) groups excluding carboxylic acids is 1. The Kier molecular flexibility index (Phi) is 3.60. The van der Waals surface area contributed by atoms with E-state index in [2.05, 4.69) is 0 Å². The molecule has 3 aromatic rings. The smallest absolute Gasteiger partial charge is 0.263 e. The minimum Gasteiger partial charge on any atom is -0.464 e. The van der Waals surface area contributed by atoms with Crippen molar-refractivity contribution in [3.63, 3.8) is 0 Å². The summed E-state index contributed by atoms with van der Waals surface area (Å²) in [4.78, 5) is 28.5. The number of amides is 1. The predicted molar refractivity (Wildman–Crippen MR) is 99.5 cm³/mol. The number of hydrogen-bond donors (Lipinski definition) is 0. The van der Waals surface area contributed by atoms with E-state index >= 15 is 0 Å². The number of rotatable bonds is 2. The molecule has 6 heteroatoms. The fourth-order valence-corrected chi connectivity index (χ4v) is 4.98. The molecule has 5 nitrogen and oxygen atoms in total. The minimum atomic E-state index is 0.00480. The van der Waals surface area contributed by atoms with Gasteiger partial charge in [-0.3, -0.25) is 9.59 Å². The largest absolute Gasteiger partial charge is 0.464 e. The van der Waals surface area contributed by atoms with E-state index in [9.17, 15) is 9.59 Å². The Labute approximate surface area is 154 Å². The molecule has 26 heavy (non-hydrogen) atoms. The lowest BCUT2D eigenvalue weighted by Crippen LogP contribution is -2.49. The average molecular weight is 366 g/mol. The summed E-state index contributed by atoms with van der Waals surface area (Å²) in [5, 5.41) is 1.93. The summed E-state index contributed by atoms with van der Waals surface area (Å²) in [6.07, 6.45) is 2.62. The maximum Gasteiger partial charge on any atom is 0.263 e. The average Bonchev–Trinajstić information content (AvgIpc) is 3.36. The molecule has 1 saturated heterocycles. The van der Waals surface area contributed by atoms with Gasteiger partial charge in [0.15, 0.2) is 0 Å². The molecule has 2 atom stereocenters. The predicted octanol–water partition coefficient (Wildman–Crippen LogP) is 3.43. The number of fused-ring (bicyclic) bond motifs is 4. The number of piperidine rings is 1. The number of furan rings is 1. The van der Waals surface area contributed by atoms with Gasteiger partial charge in [0, 0.05) is 31.2 Å². The van der Waals surface area contributed by atoms with Crippen LogP contribution in [0.3, 0.4) is 0 Å². The molecule has 2 aliphatic heterocycles. The summed E-state index contributed by atoms with van der Waals surface area (Å²) in [5.41, 5.74) is 1.64. The van der Waals surface area contributed by atoms with Crippen molar-refractivity contribution < 1.29 is 9.21 Å². The Morgan fingerprint density at radius 1 is 1.12 bits per heavy atom. The summed E-state index contributed by atoms with van der Waals surface area (Å²) in [7, 11) is 0. The van der Waals surface area contributed by atoms with Crippen molar-refractivity contribution in [2.24, 2.45) is 5.92 Å². The van der Waals surface area contributed by atoms with E-state index in [0.29, 0.717) is 36.9 Å². The van der Waals surface area contributed by atoms with E-state index in [0.717, 1.165) is 17.0 Å². The van der Waals surface area contributed by atoms with Crippen LogP contribution in [0, 0.1) is 5.92 Å². The van der Waals surface area contributed by atoms with Crippen LogP contribution in [-0.4, -0.2) is 28.5 Å². The number of likely N-dealkylation sites (tertiary alicyclic amines) is 1. The van der Waals surface area contributed by atoms with E-state index in [1.165, 1.54) is 11.3 Å². The zero-order valence-corrected chi connectivity index (χ0v) is 14.9. The summed E-state index contributed by atoms with van der Waals surface area (Å²) < 4.78 is 7.30. The van der Waals surface area contributed by atoms with Crippen molar-refractivity contribution in [1.29, 1.82) is 0 Å². The van der Waals surface area contributed by atoms with E-state index in [1.54, 1.807) is 12.3 Å². The van der Waals surface area contributed by atoms with E-state index in [1.807, 2.05) is 45.2 Å². The van der Waals surface area contributed by atoms with Crippen LogP contribution < -0.4 is 5.56 Å².